The Hall–Kier alpha value is -3.30. The van der Waals surface area contributed by atoms with Crippen LogP contribution < -0.4 is 15.1 Å². The van der Waals surface area contributed by atoms with Crippen molar-refractivity contribution in [1.29, 1.82) is 0 Å². The number of amides is 4. The molecule has 0 bridgehead atoms. The van der Waals surface area contributed by atoms with Crippen molar-refractivity contribution in [3.8, 4) is 0 Å². The van der Waals surface area contributed by atoms with Gasteiger partial charge in [-0.15, -0.1) is 0 Å². The van der Waals surface area contributed by atoms with Crippen LogP contribution in [0, 0.1) is 0 Å². The molecule has 1 aromatic carbocycles. The van der Waals surface area contributed by atoms with E-state index in [-0.39, 0.29) is 24.5 Å². The monoisotopic (exact) mass is 442 g/mol. The van der Waals surface area contributed by atoms with Gasteiger partial charge in [-0.3, -0.25) is 19.7 Å². The number of anilines is 2. The van der Waals surface area contributed by atoms with Crippen molar-refractivity contribution in [1.82, 2.24) is 20.0 Å². The Bertz CT molecular complexity index is 1070. The Labute approximate surface area is 187 Å². The molecule has 3 heterocycles. The van der Waals surface area contributed by atoms with Gasteiger partial charge in [0.1, 0.15) is 5.60 Å². The van der Waals surface area contributed by atoms with Crippen LogP contribution in [0.1, 0.15) is 34.1 Å². The number of fused-ring (bicyclic) bond motifs is 1. The molecule has 2 aromatic rings. The van der Waals surface area contributed by atoms with Gasteiger partial charge in [-0.2, -0.15) is 5.10 Å². The van der Waals surface area contributed by atoms with Crippen LogP contribution in [0.15, 0.2) is 18.2 Å². The van der Waals surface area contributed by atoms with E-state index in [1.807, 2.05) is 46.9 Å². The lowest BCUT2D eigenvalue weighted by Gasteiger charge is -2.41. The highest BCUT2D eigenvalue weighted by Crippen LogP contribution is 2.31. The molecular weight excluding hydrogens is 412 g/mol. The highest BCUT2D eigenvalue weighted by atomic mass is 16.6. The van der Waals surface area contributed by atoms with Crippen LogP contribution in [0.4, 0.5) is 21.1 Å². The average Bonchev–Trinajstić information content (AvgIpc) is 3.02. The highest BCUT2D eigenvalue weighted by Gasteiger charge is 2.32. The normalized spacial score (nSPS) is 20.0. The van der Waals surface area contributed by atoms with Gasteiger partial charge in [-0.05, 0) is 45.9 Å². The summed E-state index contributed by atoms with van der Waals surface area (Å²) in [5.41, 5.74) is 1.40. The first-order valence-corrected chi connectivity index (χ1v) is 10.9. The molecule has 2 saturated heterocycles. The maximum absolute atomic E-state index is 12.5. The Morgan fingerprint density at radius 1 is 1.19 bits per heavy atom. The minimum atomic E-state index is -0.519. The van der Waals surface area contributed by atoms with Crippen LogP contribution in [0.2, 0.25) is 0 Å². The van der Waals surface area contributed by atoms with Gasteiger partial charge in [0.15, 0.2) is 5.82 Å². The topological polar surface area (TPSA) is 100 Å². The molecule has 4 amide bonds. The van der Waals surface area contributed by atoms with Gasteiger partial charge in [-0.1, -0.05) is 0 Å². The molecule has 10 nitrogen and oxygen atoms in total. The van der Waals surface area contributed by atoms with Crippen LogP contribution in [0.3, 0.4) is 0 Å². The van der Waals surface area contributed by atoms with Crippen LogP contribution in [-0.4, -0.2) is 70.5 Å². The van der Waals surface area contributed by atoms with Crippen LogP contribution in [-0.2, 0) is 16.6 Å². The van der Waals surface area contributed by atoms with Crippen LogP contribution in [0.25, 0.3) is 10.9 Å². The number of nitrogens with one attached hydrogen (secondary N) is 1. The Morgan fingerprint density at radius 2 is 1.94 bits per heavy atom. The van der Waals surface area contributed by atoms with Crippen molar-refractivity contribution in [3.05, 3.63) is 18.2 Å². The second-order valence-corrected chi connectivity index (χ2v) is 9.37. The summed E-state index contributed by atoms with van der Waals surface area (Å²) in [5.74, 6) is 0.274. The molecule has 10 heteroatoms. The quantitative estimate of drug-likeness (QED) is 0.767. The number of carbonyl (C=O) groups excluding carboxylic acids is 3. The smallest absolute Gasteiger partial charge is 0.410 e. The zero-order valence-electron chi connectivity index (χ0n) is 19.2. The minimum Gasteiger partial charge on any atom is -0.444 e. The van der Waals surface area contributed by atoms with E-state index in [0.717, 1.165) is 16.6 Å². The van der Waals surface area contributed by atoms with E-state index >= 15 is 0 Å². The summed E-state index contributed by atoms with van der Waals surface area (Å²) >= 11 is 0. The molecule has 4 rings (SSSR count). The predicted octanol–water partition coefficient (Wildman–Crippen LogP) is 2.47. The lowest BCUT2D eigenvalue weighted by molar-refractivity contribution is -0.120. The van der Waals surface area contributed by atoms with Gasteiger partial charge in [0.2, 0.25) is 5.91 Å². The number of urea groups is 1. The van der Waals surface area contributed by atoms with Gasteiger partial charge >= 0.3 is 12.1 Å². The number of imide groups is 1. The second-order valence-electron chi connectivity index (χ2n) is 9.37. The number of aromatic nitrogens is 2. The molecule has 1 aromatic heterocycles. The molecular formula is C22H30N6O4. The zero-order valence-corrected chi connectivity index (χ0v) is 19.2. The molecule has 0 saturated carbocycles. The number of ether oxygens (including phenoxy) is 1. The van der Waals surface area contributed by atoms with E-state index in [2.05, 4.69) is 21.4 Å². The maximum Gasteiger partial charge on any atom is 0.410 e. The second kappa shape index (κ2) is 7.99. The molecule has 172 valence electrons. The van der Waals surface area contributed by atoms with Crippen molar-refractivity contribution >= 4 is 40.4 Å². The van der Waals surface area contributed by atoms with Crippen molar-refractivity contribution in [2.45, 2.75) is 45.8 Å². The summed E-state index contributed by atoms with van der Waals surface area (Å²) in [4.78, 5) is 41.8. The van der Waals surface area contributed by atoms with Gasteiger partial charge in [0, 0.05) is 56.8 Å². The Morgan fingerprint density at radius 3 is 2.59 bits per heavy atom. The fourth-order valence-corrected chi connectivity index (χ4v) is 4.17. The van der Waals surface area contributed by atoms with Crippen LogP contribution in [0.5, 0.6) is 0 Å². The molecule has 2 aliphatic rings. The first kappa shape index (κ1) is 21.9. The molecule has 2 aliphatic heterocycles. The van der Waals surface area contributed by atoms with Crippen molar-refractivity contribution in [2.75, 3.05) is 36.0 Å². The molecule has 0 aliphatic carbocycles. The Balaban J connectivity index is 1.53. The summed E-state index contributed by atoms with van der Waals surface area (Å²) in [6.07, 6.45) is -0.0310. The van der Waals surface area contributed by atoms with E-state index < -0.39 is 11.6 Å². The van der Waals surface area contributed by atoms with E-state index in [1.165, 1.54) is 4.90 Å². The highest BCUT2D eigenvalue weighted by molar-refractivity contribution is 6.09. The molecule has 0 unspecified atom stereocenters. The zero-order chi connectivity index (χ0) is 23.2. The first-order valence-electron chi connectivity index (χ1n) is 10.9. The molecule has 1 N–H and O–H groups in total. The molecule has 1 atom stereocenters. The van der Waals surface area contributed by atoms with E-state index in [0.29, 0.717) is 32.0 Å². The van der Waals surface area contributed by atoms with E-state index in [4.69, 9.17) is 4.74 Å². The SMILES string of the molecule is C[C@@H]1CN(c2ccc3c(N4CCC(=O)NC4=O)nn(C)c3c2)CCN1C(=O)OC(C)(C)C. The van der Waals surface area contributed by atoms with Gasteiger partial charge in [-0.25, -0.2) is 9.59 Å². The summed E-state index contributed by atoms with van der Waals surface area (Å²) in [5, 5.41) is 7.74. The van der Waals surface area contributed by atoms with Gasteiger partial charge < -0.3 is 14.5 Å². The number of carbonyl (C=O) groups is 3. The lowest BCUT2D eigenvalue weighted by atomic mass is 10.1. The number of rotatable bonds is 2. The van der Waals surface area contributed by atoms with Gasteiger partial charge in [0.05, 0.1) is 5.52 Å². The maximum atomic E-state index is 12.5. The fraction of sp³-hybridized carbons (Fsp3) is 0.545. The van der Waals surface area contributed by atoms with Crippen molar-refractivity contribution < 1.29 is 19.1 Å². The first-order chi connectivity index (χ1) is 15.0. The summed E-state index contributed by atoms with van der Waals surface area (Å²) < 4.78 is 7.28. The third kappa shape index (κ3) is 4.21. The van der Waals surface area contributed by atoms with Crippen molar-refractivity contribution in [2.24, 2.45) is 7.05 Å². The lowest BCUT2D eigenvalue weighted by Crippen LogP contribution is -2.55. The number of nitrogens with zero attached hydrogens (tertiary/aromatic N) is 5. The van der Waals surface area contributed by atoms with E-state index in [9.17, 15) is 14.4 Å². The Kier molecular flexibility index (Phi) is 5.47. The average molecular weight is 443 g/mol. The number of aryl methyl sites for hydroxylation is 1. The van der Waals surface area contributed by atoms with Crippen LogP contribution >= 0.6 is 0 Å². The summed E-state index contributed by atoms with van der Waals surface area (Å²) in [6, 6.07) is 5.58. The number of piperazine rings is 1. The van der Waals surface area contributed by atoms with Gasteiger partial charge in [0.25, 0.3) is 0 Å². The predicted molar refractivity (Wildman–Crippen MR) is 121 cm³/mol. The third-order valence-electron chi connectivity index (χ3n) is 5.75. The third-order valence-corrected chi connectivity index (χ3v) is 5.75. The fourth-order valence-electron chi connectivity index (χ4n) is 4.17. The number of hydrogen-bond donors (Lipinski definition) is 1. The van der Waals surface area contributed by atoms with Crippen molar-refractivity contribution in [3.63, 3.8) is 0 Å². The standard InChI is InChI=1S/C22H30N6O4/c1-14-13-26(10-11-27(14)21(31)32-22(2,3)4)15-6-7-16-17(12-15)25(5)24-19(16)28-9-8-18(29)23-20(28)30/h6-7,12,14H,8-11,13H2,1-5H3,(H,23,29,30)/t14-/m1/s1. The number of benzene rings is 1. The summed E-state index contributed by atoms with van der Waals surface area (Å²) in [7, 11) is 1.84. The molecule has 0 spiro atoms. The van der Waals surface area contributed by atoms with E-state index in [1.54, 1.807) is 9.58 Å². The minimum absolute atomic E-state index is 0.00554. The largest absolute Gasteiger partial charge is 0.444 e. The molecule has 32 heavy (non-hydrogen) atoms. The molecule has 2 fully saturated rings. The number of hydrogen-bond acceptors (Lipinski definition) is 6. The summed E-state index contributed by atoms with van der Waals surface area (Å²) in [6.45, 7) is 9.89. The molecule has 0 radical (unpaired) electrons.